The van der Waals surface area contributed by atoms with Gasteiger partial charge in [0.05, 0.1) is 27.9 Å². The largest absolute Gasteiger partial charge is 0.389 e. The number of nitrogens with zero attached hydrogens (tertiary/aromatic N) is 2. The van der Waals surface area contributed by atoms with E-state index in [1.165, 1.54) is 0 Å². The third-order valence-electron chi connectivity index (χ3n) is 2.11. The van der Waals surface area contributed by atoms with Gasteiger partial charge in [-0.3, -0.25) is 0 Å². The lowest BCUT2D eigenvalue weighted by molar-refractivity contribution is 0.0886. The van der Waals surface area contributed by atoms with Gasteiger partial charge < -0.3 is 10.0 Å². The summed E-state index contributed by atoms with van der Waals surface area (Å²) in [6.07, 6.45) is 0. The molecule has 0 aromatic heterocycles. The molecular weight excluding hydrogens is 224 g/mol. The average molecular weight is 239 g/mol. The molecule has 1 N–H and O–H groups in total. The second-order valence-corrected chi connectivity index (χ2v) is 4.85. The lowest BCUT2D eigenvalue weighted by Crippen LogP contribution is -2.36. The summed E-state index contributed by atoms with van der Waals surface area (Å²) in [6.45, 7) is 3.95. The molecule has 0 heterocycles. The van der Waals surface area contributed by atoms with Crippen LogP contribution in [0, 0.1) is 11.3 Å². The number of aliphatic hydroxyl groups is 1. The van der Waals surface area contributed by atoms with Crippen LogP contribution in [0.5, 0.6) is 0 Å². The molecule has 16 heavy (non-hydrogen) atoms. The molecule has 0 aliphatic carbocycles. The second kappa shape index (κ2) is 4.73. The molecule has 0 atom stereocenters. The molecule has 0 fully saturated rings. The van der Waals surface area contributed by atoms with Crippen LogP contribution >= 0.6 is 11.6 Å². The van der Waals surface area contributed by atoms with Crippen molar-refractivity contribution < 1.29 is 5.11 Å². The Bertz CT molecular complexity index is 418. The number of anilines is 1. The highest BCUT2D eigenvalue weighted by atomic mass is 35.5. The fourth-order valence-electron chi connectivity index (χ4n) is 1.55. The fraction of sp³-hybridized carbons (Fsp3) is 0.417. The molecule has 0 amide bonds. The van der Waals surface area contributed by atoms with Gasteiger partial charge in [0.2, 0.25) is 0 Å². The summed E-state index contributed by atoms with van der Waals surface area (Å²) in [5.74, 6) is 0. The fourth-order valence-corrected chi connectivity index (χ4v) is 1.88. The predicted octanol–water partition coefficient (Wildman–Crippen LogP) is 2.42. The molecule has 86 valence electrons. The van der Waals surface area contributed by atoms with E-state index in [9.17, 15) is 5.11 Å². The first-order valence-electron chi connectivity index (χ1n) is 4.96. The van der Waals surface area contributed by atoms with E-state index in [-0.39, 0.29) is 0 Å². The number of benzene rings is 1. The second-order valence-electron chi connectivity index (χ2n) is 4.45. The van der Waals surface area contributed by atoms with Crippen molar-refractivity contribution in [3.05, 3.63) is 28.8 Å². The lowest BCUT2D eigenvalue weighted by Gasteiger charge is -2.27. The normalized spacial score (nSPS) is 11.0. The first-order chi connectivity index (χ1) is 7.33. The van der Waals surface area contributed by atoms with Gasteiger partial charge in [-0.05, 0) is 32.0 Å². The number of likely N-dealkylation sites (N-methyl/N-ethyl adjacent to an activating group) is 1. The maximum Gasteiger partial charge on any atom is 0.0992 e. The Balaban J connectivity index is 2.93. The minimum absolute atomic E-state index is 0.471. The van der Waals surface area contributed by atoms with E-state index in [1.54, 1.807) is 32.0 Å². The van der Waals surface area contributed by atoms with E-state index in [1.807, 2.05) is 18.0 Å². The van der Waals surface area contributed by atoms with Crippen molar-refractivity contribution in [1.82, 2.24) is 0 Å². The number of rotatable bonds is 3. The standard InChI is InChI=1S/C12H15ClN2O/c1-12(2,16)8-15(3)11-5-4-9(7-14)6-10(11)13/h4-6,16H,8H2,1-3H3. The molecule has 1 aromatic rings. The van der Waals surface area contributed by atoms with Crippen LogP contribution in [-0.2, 0) is 0 Å². The van der Waals surface area contributed by atoms with E-state index < -0.39 is 5.60 Å². The Morgan fingerprint density at radius 3 is 2.56 bits per heavy atom. The van der Waals surface area contributed by atoms with Crippen molar-refractivity contribution in [2.45, 2.75) is 19.4 Å². The molecule has 3 nitrogen and oxygen atoms in total. The Kier molecular flexibility index (Phi) is 3.79. The zero-order valence-electron chi connectivity index (χ0n) is 9.66. The molecule has 0 aliphatic heterocycles. The lowest BCUT2D eigenvalue weighted by atomic mass is 10.1. The summed E-state index contributed by atoms with van der Waals surface area (Å²) >= 11 is 6.06. The SMILES string of the molecule is CN(CC(C)(C)O)c1ccc(C#N)cc1Cl. The molecule has 1 rings (SSSR count). The molecule has 0 saturated heterocycles. The van der Waals surface area contributed by atoms with Crippen LogP contribution in [0.3, 0.4) is 0 Å². The van der Waals surface area contributed by atoms with Gasteiger partial charge in [-0.1, -0.05) is 11.6 Å². The molecule has 1 aromatic carbocycles. The van der Waals surface area contributed by atoms with Crippen LogP contribution in [0.15, 0.2) is 18.2 Å². The molecule has 0 saturated carbocycles. The van der Waals surface area contributed by atoms with Crippen LogP contribution < -0.4 is 4.90 Å². The maximum absolute atomic E-state index is 9.70. The van der Waals surface area contributed by atoms with Crippen molar-refractivity contribution in [2.75, 3.05) is 18.5 Å². The first-order valence-corrected chi connectivity index (χ1v) is 5.34. The van der Waals surface area contributed by atoms with E-state index in [2.05, 4.69) is 0 Å². The molecule has 0 unspecified atom stereocenters. The van der Waals surface area contributed by atoms with Crippen LogP contribution in [0.2, 0.25) is 5.02 Å². The van der Waals surface area contributed by atoms with Crippen molar-refractivity contribution in [3.8, 4) is 6.07 Å². The summed E-state index contributed by atoms with van der Waals surface area (Å²) in [7, 11) is 1.85. The Hall–Kier alpha value is -1.24. The predicted molar refractivity (Wildman–Crippen MR) is 65.7 cm³/mol. The molecule has 0 spiro atoms. The van der Waals surface area contributed by atoms with Crippen molar-refractivity contribution in [1.29, 1.82) is 5.26 Å². The van der Waals surface area contributed by atoms with Gasteiger partial charge in [-0.25, -0.2) is 0 Å². The quantitative estimate of drug-likeness (QED) is 0.880. The highest BCUT2D eigenvalue weighted by Gasteiger charge is 2.17. The van der Waals surface area contributed by atoms with E-state index >= 15 is 0 Å². The van der Waals surface area contributed by atoms with Crippen LogP contribution in [0.25, 0.3) is 0 Å². The Morgan fingerprint density at radius 2 is 2.12 bits per heavy atom. The van der Waals surface area contributed by atoms with Gasteiger partial charge in [0, 0.05) is 13.6 Å². The van der Waals surface area contributed by atoms with Gasteiger partial charge in [-0.15, -0.1) is 0 Å². The zero-order chi connectivity index (χ0) is 12.3. The summed E-state index contributed by atoms with van der Waals surface area (Å²) in [6, 6.07) is 7.15. The smallest absolute Gasteiger partial charge is 0.0992 e. The topological polar surface area (TPSA) is 47.3 Å². The average Bonchev–Trinajstić information content (AvgIpc) is 2.14. The molecule has 4 heteroatoms. The van der Waals surface area contributed by atoms with E-state index in [4.69, 9.17) is 16.9 Å². The van der Waals surface area contributed by atoms with Crippen molar-refractivity contribution in [2.24, 2.45) is 0 Å². The minimum atomic E-state index is -0.786. The number of halogens is 1. The summed E-state index contributed by atoms with van der Waals surface area (Å²) in [5, 5.41) is 18.9. The van der Waals surface area contributed by atoms with Crippen LogP contribution in [0.4, 0.5) is 5.69 Å². The third-order valence-corrected chi connectivity index (χ3v) is 2.41. The molecule has 0 aliphatic rings. The van der Waals surface area contributed by atoms with Gasteiger partial charge in [0.1, 0.15) is 0 Å². The summed E-state index contributed by atoms with van der Waals surface area (Å²) < 4.78 is 0. The third kappa shape index (κ3) is 3.41. The summed E-state index contributed by atoms with van der Waals surface area (Å²) in [5.41, 5.74) is 0.555. The molecule has 0 bridgehead atoms. The van der Waals surface area contributed by atoms with Gasteiger partial charge >= 0.3 is 0 Å². The Morgan fingerprint density at radius 1 is 1.50 bits per heavy atom. The van der Waals surface area contributed by atoms with Gasteiger partial charge in [0.25, 0.3) is 0 Å². The highest BCUT2D eigenvalue weighted by Crippen LogP contribution is 2.26. The number of hydrogen-bond acceptors (Lipinski definition) is 3. The minimum Gasteiger partial charge on any atom is -0.389 e. The maximum atomic E-state index is 9.70. The first kappa shape index (κ1) is 12.8. The number of nitriles is 1. The van der Waals surface area contributed by atoms with Crippen molar-refractivity contribution >= 4 is 17.3 Å². The highest BCUT2D eigenvalue weighted by molar-refractivity contribution is 6.33. The molecule has 0 radical (unpaired) electrons. The molecular formula is C12H15ClN2O. The van der Waals surface area contributed by atoms with E-state index in [0.717, 1.165) is 5.69 Å². The summed E-state index contributed by atoms with van der Waals surface area (Å²) in [4.78, 5) is 1.86. The van der Waals surface area contributed by atoms with Crippen LogP contribution in [-0.4, -0.2) is 24.3 Å². The van der Waals surface area contributed by atoms with Gasteiger partial charge in [0.15, 0.2) is 0 Å². The Labute approximate surface area is 101 Å². The number of hydrogen-bond donors (Lipinski definition) is 1. The van der Waals surface area contributed by atoms with Crippen LogP contribution in [0.1, 0.15) is 19.4 Å². The van der Waals surface area contributed by atoms with Crippen molar-refractivity contribution in [3.63, 3.8) is 0 Å². The zero-order valence-corrected chi connectivity index (χ0v) is 10.4. The van der Waals surface area contributed by atoms with E-state index in [0.29, 0.717) is 17.1 Å². The van der Waals surface area contributed by atoms with Gasteiger partial charge in [-0.2, -0.15) is 5.26 Å². The monoisotopic (exact) mass is 238 g/mol.